The fourth-order valence-electron chi connectivity index (χ4n) is 4.64. The average molecular weight is 571 g/mol. The summed E-state index contributed by atoms with van der Waals surface area (Å²) in [5, 5.41) is 6.31. The second-order valence-corrected chi connectivity index (χ2v) is 11.8. The Morgan fingerprint density at radius 3 is 2.78 bits per heavy atom. The molecule has 0 saturated carbocycles. The van der Waals surface area contributed by atoms with Gasteiger partial charge in [-0.05, 0) is 24.1 Å². The first kappa shape index (κ1) is 25.9. The first-order valence-electron chi connectivity index (χ1n) is 11.4. The number of nitrogens with one attached hydrogen (secondary N) is 1. The minimum Gasteiger partial charge on any atom is -0.326 e. The second kappa shape index (κ2) is 10.2. The van der Waals surface area contributed by atoms with Crippen molar-refractivity contribution in [2.45, 2.75) is 38.4 Å². The Hall–Kier alpha value is -2.74. The molecule has 0 spiro atoms. The minimum atomic E-state index is -3.53. The summed E-state index contributed by atoms with van der Waals surface area (Å²) in [7, 11) is -3.53. The highest BCUT2D eigenvalue weighted by atomic mass is 35.5. The van der Waals surface area contributed by atoms with Crippen molar-refractivity contribution >= 4 is 44.4 Å². The Balaban J connectivity index is 1.68. The van der Waals surface area contributed by atoms with Crippen molar-refractivity contribution in [3.05, 3.63) is 74.8 Å². The van der Waals surface area contributed by atoms with Gasteiger partial charge in [0.05, 0.1) is 11.9 Å². The number of nitrogens with zero attached hydrogens (tertiary/aromatic N) is 5. The zero-order chi connectivity index (χ0) is 26.3. The molecule has 0 unspecified atom stereocenters. The van der Waals surface area contributed by atoms with Crippen molar-refractivity contribution in [3.8, 4) is 0 Å². The lowest BCUT2D eigenvalue weighted by Gasteiger charge is -2.32. The van der Waals surface area contributed by atoms with Gasteiger partial charge in [0.25, 0.3) is 0 Å². The molecule has 2 aliphatic rings. The molecule has 0 radical (unpaired) electrons. The standard InChI is InChI=1S/C23H22ClF3N6O2S2/c1-2-7-37(34,35)31-15-9-18-19(13-10-29-33(11-13)23(26)27)20(16-4-3-14(25)8-17(16)24)30-21(32(18)12-15)22-28-5-6-36-22/h3-6,8,10-11,15,20,23,31H,2,7,9,12H2,1H3/t15-,20-/m0/s1. The highest BCUT2D eigenvalue weighted by Gasteiger charge is 2.41. The first-order valence-corrected chi connectivity index (χ1v) is 14.3. The highest BCUT2D eigenvalue weighted by molar-refractivity contribution is 7.89. The van der Waals surface area contributed by atoms with Gasteiger partial charge in [0.15, 0.2) is 10.8 Å². The van der Waals surface area contributed by atoms with E-state index in [1.807, 2.05) is 4.90 Å². The summed E-state index contributed by atoms with van der Waals surface area (Å²) >= 11 is 7.80. The normalized spacial score (nSPS) is 20.1. The van der Waals surface area contributed by atoms with E-state index in [1.54, 1.807) is 18.5 Å². The van der Waals surface area contributed by atoms with E-state index in [2.05, 4.69) is 14.8 Å². The van der Waals surface area contributed by atoms with E-state index in [-0.39, 0.29) is 23.7 Å². The van der Waals surface area contributed by atoms with Gasteiger partial charge < -0.3 is 4.90 Å². The molecule has 3 aromatic rings. The van der Waals surface area contributed by atoms with E-state index in [4.69, 9.17) is 16.6 Å². The number of rotatable bonds is 8. The molecule has 1 N–H and O–H groups in total. The molecule has 1 saturated heterocycles. The number of aromatic nitrogens is 3. The number of sulfonamides is 1. The van der Waals surface area contributed by atoms with Crippen LogP contribution < -0.4 is 4.72 Å². The highest BCUT2D eigenvalue weighted by Crippen LogP contribution is 2.46. The third-order valence-electron chi connectivity index (χ3n) is 6.07. The number of fused-ring (bicyclic) bond motifs is 1. The number of amidine groups is 1. The number of hydrogen-bond donors (Lipinski definition) is 1. The first-order chi connectivity index (χ1) is 17.7. The molecule has 0 amide bonds. The largest absolute Gasteiger partial charge is 0.333 e. The molecule has 0 bridgehead atoms. The summed E-state index contributed by atoms with van der Waals surface area (Å²) in [6.45, 7) is -0.797. The van der Waals surface area contributed by atoms with Crippen LogP contribution in [0.2, 0.25) is 5.02 Å². The lowest BCUT2D eigenvalue weighted by Crippen LogP contribution is -2.40. The summed E-state index contributed by atoms with van der Waals surface area (Å²) in [4.78, 5) is 11.2. The molecule has 1 fully saturated rings. The predicted molar refractivity (Wildman–Crippen MR) is 136 cm³/mol. The van der Waals surface area contributed by atoms with E-state index in [0.29, 0.717) is 44.3 Å². The van der Waals surface area contributed by atoms with Crippen LogP contribution in [0.25, 0.3) is 5.57 Å². The van der Waals surface area contributed by atoms with Gasteiger partial charge in [-0.15, -0.1) is 11.3 Å². The van der Waals surface area contributed by atoms with Gasteiger partial charge in [-0.25, -0.2) is 27.2 Å². The van der Waals surface area contributed by atoms with Gasteiger partial charge in [0.2, 0.25) is 10.0 Å². The predicted octanol–water partition coefficient (Wildman–Crippen LogP) is 4.84. The fraction of sp³-hybridized carbons (Fsp3) is 0.348. The van der Waals surface area contributed by atoms with E-state index in [9.17, 15) is 21.6 Å². The van der Waals surface area contributed by atoms with Crippen LogP contribution in [0.15, 0.2) is 52.9 Å². The molecule has 14 heteroatoms. The number of aliphatic imine (C=N–C) groups is 1. The molecule has 2 aromatic heterocycles. The van der Waals surface area contributed by atoms with E-state index < -0.39 is 34.5 Å². The Labute approximate surface area is 220 Å². The second-order valence-electron chi connectivity index (χ2n) is 8.65. The Kier molecular flexibility index (Phi) is 7.14. The molecule has 196 valence electrons. The van der Waals surface area contributed by atoms with Gasteiger partial charge >= 0.3 is 6.55 Å². The molecule has 4 heterocycles. The maximum atomic E-state index is 13.9. The zero-order valence-corrected chi connectivity index (χ0v) is 21.9. The molecule has 2 aliphatic heterocycles. The lowest BCUT2D eigenvalue weighted by atomic mass is 9.91. The van der Waals surface area contributed by atoms with Crippen molar-refractivity contribution in [1.82, 2.24) is 24.4 Å². The molecular weight excluding hydrogens is 549 g/mol. The molecule has 5 rings (SSSR count). The van der Waals surface area contributed by atoms with Gasteiger partial charge in [-0.1, -0.05) is 24.6 Å². The summed E-state index contributed by atoms with van der Waals surface area (Å²) < 4.78 is 69.1. The summed E-state index contributed by atoms with van der Waals surface area (Å²) in [5.74, 6) is -0.0449. The van der Waals surface area contributed by atoms with E-state index in [1.165, 1.54) is 41.9 Å². The Morgan fingerprint density at radius 2 is 2.14 bits per heavy atom. The van der Waals surface area contributed by atoms with Crippen molar-refractivity contribution < 1.29 is 21.6 Å². The van der Waals surface area contributed by atoms with Crippen LogP contribution >= 0.6 is 22.9 Å². The topological polar surface area (TPSA) is 92.5 Å². The number of alkyl halides is 2. The van der Waals surface area contributed by atoms with Gasteiger partial charge in [0, 0.05) is 58.6 Å². The van der Waals surface area contributed by atoms with E-state index in [0.717, 1.165) is 0 Å². The number of thiazole rings is 1. The number of halogens is 4. The van der Waals surface area contributed by atoms with Crippen LogP contribution in [0.4, 0.5) is 13.2 Å². The van der Waals surface area contributed by atoms with Crippen molar-refractivity contribution in [1.29, 1.82) is 0 Å². The maximum Gasteiger partial charge on any atom is 0.333 e. The maximum absolute atomic E-state index is 13.9. The van der Waals surface area contributed by atoms with Crippen LogP contribution in [0, 0.1) is 5.82 Å². The van der Waals surface area contributed by atoms with Gasteiger partial charge in [-0.3, -0.25) is 4.99 Å². The van der Waals surface area contributed by atoms with Crippen molar-refractivity contribution in [2.75, 3.05) is 12.3 Å². The smallest absolute Gasteiger partial charge is 0.326 e. The third kappa shape index (κ3) is 5.17. The monoisotopic (exact) mass is 570 g/mol. The van der Waals surface area contributed by atoms with Crippen molar-refractivity contribution in [3.63, 3.8) is 0 Å². The third-order valence-corrected chi connectivity index (χ3v) is 8.81. The van der Waals surface area contributed by atoms with Crippen LogP contribution in [0.1, 0.15) is 48.5 Å². The van der Waals surface area contributed by atoms with Crippen LogP contribution in [-0.4, -0.2) is 52.3 Å². The Morgan fingerprint density at radius 1 is 1.32 bits per heavy atom. The number of hydrogen-bond acceptors (Lipinski definition) is 7. The summed E-state index contributed by atoms with van der Waals surface area (Å²) in [6, 6.07) is 2.66. The molecule has 1 aromatic carbocycles. The molecule has 8 nitrogen and oxygen atoms in total. The molecule has 0 aliphatic carbocycles. The average Bonchev–Trinajstić information content (AvgIpc) is 3.58. The van der Waals surface area contributed by atoms with Crippen LogP contribution in [-0.2, 0) is 10.0 Å². The molecular formula is C23H22ClF3N6O2S2. The van der Waals surface area contributed by atoms with E-state index >= 15 is 0 Å². The van der Waals surface area contributed by atoms with Crippen LogP contribution in [0.5, 0.6) is 0 Å². The SMILES string of the molecule is CCCS(=O)(=O)N[C@H]1CC2=C(c3cnn(C(F)F)c3)[C@H](c3ccc(F)cc3Cl)N=C(c3nccs3)N2C1. The minimum absolute atomic E-state index is 0.0161. The quantitative estimate of drug-likeness (QED) is 0.418. The van der Waals surface area contributed by atoms with Gasteiger partial charge in [0.1, 0.15) is 11.9 Å². The zero-order valence-electron chi connectivity index (χ0n) is 19.5. The van der Waals surface area contributed by atoms with Gasteiger partial charge in [-0.2, -0.15) is 13.9 Å². The fourth-order valence-corrected chi connectivity index (χ4v) is 6.88. The number of benzene rings is 1. The lowest BCUT2D eigenvalue weighted by molar-refractivity contribution is 0.0566. The summed E-state index contributed by atoms with van der Waals surface area (Å²) in [6.07, 6.45) is 4.90. The van der Waals surface area contributed by atoms with Crippen molar-refractivity contribution in [2.24, 2.45) is 4.99 Å². The summed E-state index contributed by atoms with van der Waals surface area (Å²) in [5.41, 5.74) is 2.07. The molecule has 37 heavy (non-hydrogen) atoms. The molecule has 2 atom stereocenters. The van der Waals surface area contributed by atoms with Crippen LogP contribution in [0.3, 0.4) is 0 Å². The Bertz CT molecular complexity index is 1470.